The van der Waals surface area contributed by atoms with Gasteiger partial charge in [-0.1, -0.05) is 24.3 Å². The third kappa shape index (κ3) is 8.42. The van der Waals surface area contributed by atoms with E-state index in [1.807, 2.05) is 24.3 Å². The molecular weight excluding hydrogens is 556 g/mol. The Morgan fingerprint density at radius 3 is 2.42 bits per heavy atom. The number of hydrogen-bond donors (Lipinski definition) is 1. The minimum atomic E-state index is -0.906. The summed E-state index contributed by atoms with van der Waals surface area (Å²) < 4.78 is 27.8. The Labute approximate surface area is 250 Å². The summed E-state index contributed by atoms with van der Waals surface area (Å²) in [6.45, 7) is 5.14. The van der Waals surface area contributed by atoms with E-state index < -0.39 is 22.8 Å². The standard InChI is InChI=1S/C32H38N2O9/c1-21-28(31(35)39-3)30(24-8-6-9-25(20-24)34(37)38)29(22(2)33-21)32(36)43-18-7-17-40-26-13-11-23(12-14-26)15-19-42-27-10-4-5-16-41-27/h6,8-9,11-14,20,27,30,33H,4-5,7,10,15-19H2,1-3H3/t27?,30-/m1/s1. The highest BCUT2D eigenvalue weighted by atomic mass is 16.7. The zero-order chi connectivity index (χ0) is 30.8. The van der Waals surface area contributed by atoms with E-state index in [2.05, 4.69) is 5.32 Å². The van der Waals surface area contributed by atoms with E-state index in [4.69, 9.17) is 23.7 Å². The van der Waals surface area contributed by atoms with Crippen molar-refractivity contribution in [3.63, 3.8) is 0 Å². The molecule has 0 bridgehead atoms. The van der Waals surface area contributed by atoms with E-state index in [1.165, 1.54) is 25.3 Å². The first-order valence-electron chi connectivity index (χ1n) is 14.4. The number of carbonyl (C=O) groups is 2. The first-order chi connectivity index (χ1) is 20.8. The molecule has 43 heavy (non-hydrogen) atoms. The second-order valence-corrected chi connectivity index (χ2v) is 10.4. The molecule has 1 unspecified atom stereocenters. The number of rotatable bonds is 13. The Kier molecular flexibility index (Phi) is 11.3. The Bertz CT molecular complexity index is 1360. The number of benzene rings is 2. The second-order valence-electron chi connectivity index (χ2n) is 10.4. The largest absolute Gasteiger partial charge is 0.493 e. The quantitative estimate of drug-likeness (QED) is 0.144. The molecule has 0 saturated carbocycles. The van der Waals surface area contributed by atoms with Crippen molar-refractivity contribution in [1.29, 1.82) is 0 Å². The van der Waals surface area contributed by atoms with Gasteiger partial charge in [0.05, 0.1) is 48.9 Å². The lowest BCUT2D eigenvalue weighted by Crippen LogP contribution is -2.32. The van der Waals surface area contributed by atoms with Gasteiger partial charge in [0.1, 0.15) is 5.75 Å². The molecule has 1 fully saturated rings. The van der Waals surface area contributed by atoms with Crippen LogP contribution >= 0.6 is 0 Å². The van der Waals surface area contributed by atoms with Crippen LogP contribution < -0.4 is 10.1 Å². The molecule has 2 heterocycles. The van der Waals surface area contributed by atoms with E-state index in [-0.39, 0.29) is 29.7 Å². The van der Waals surface area contributed by atoms with Gasteiger partial charge in [0.2, 0.25) is 0 Å². The van der Waals surface area contributed by atoms with E-state index in [1.54, 1.807) is 19.9 Å². The topological polar surface area (TPSA) is 135 Å². The number of ether oxygens (including phenoxy) is 5. The molecule has 2 aromatic carbocycles. The number of nitro benzene ring substituents is 1. The van der Waals surface area contributed by atoms with Crippen LogP contribution in [0.3, 0.4) is 0 Å². The first kappa shape index (κ1) is 31.7. The molecule has 2 atom stereocenters. The normalized spacial score (nSPS) is 18.6. The molecule has 0 amide bonds. The number of esters is 2. The minimum Gasteiger partial charge on any atom is -0.493 e. The van der Waals surface area contributed by atoms with Crippen molar-refractivity contribution in [3.05, 3.63) is 92.3 Å². The van der Waals surface area contributed by atoms with Gasteiger partial charge in [-0.2, -0.15) is 0 Å². The molecule has 0 aromatic heterocycles. The van der Waals surface area contributed by atoms with Crippen molar-refractivity contribution < 1.29 is 38.2 Å². The Morgan fingerprint density at radius 1 is 1.00 bits per heavy atom. The van der Waals surface area contributed by atoms with Crippen LogP contribution in [0.4, 0.5) is 5.69 Å². The molecule has 230 valence electrons. The van der Waals surface area contributed by atoms with Crippen LogP contribution in [-0.4, -0.2) is 56.7 Å². The molecule has 11 heteroatoms. The average Bonchev–Trinajstić information content (AvgIpc) is 3.01. The van der Waals surface area contributed by atoms with Gasteiger partial charge in [-0.05, 0) is 62.8 Å². The molecule has 2 aliphatic rings. The highest BCUT2D eigenvalue weighted by Crippen LogP contribution is 2.40. The minimum absolute atomic E-state index is 0.0756. The summed E-state index contributed by atoms with van der Waals surface area (Å²) in [4.78, 5) is 37.0. The Hall–Kier alpha value is -4.22. The molecule has 4 rings (SSSR count). The van der Waals surface area contributed by atoms with Crippen molar-refractivity contribution in [2.24, 2.45) is 0 Å². The Balaban J connectivity index is 1.31. The summed E-state index contributed by atoms with van der Waals surface area (Å²) in [5.74, 6) is -1.49. The summed E-state index contributed by atoms with van der Waals surface area (Å²) in [6.07, 6.45) is 4.30. The number of methoxy groups -OCH3 is 1. The van der Waals surface area contributed by atoms with Gasteiger partial charge in [0.25, 0.3) is 5.69 Å². The van der Waals surface area contributed by atoms with Crippen LogP contribution in [0.2, 0.25) is 0 Å². The fourth-order valence-corrected chi connectivity index (χ4v) is 5.19. The number of non-ortho nitro benzene ring substituents is 1. The van der Waals surface area contributed by atoms with E-state index in [0.29, 0.717) is 42.3 Å². The van der Waals surface area contributed by atoms with Gasteiger partial charge >= 0.3 is 11.9 Å². The number of nitrogens with one attached hydrogen (secondary N) is 1. The van der Waals surface area contributed by atoms with Gasteiger partial charge < -0.3 is 29.0 Å². The SMILES string of the molecule is COC(=O)C1=C(C)NC(C)=C(C(=O)OCCCOc2ccc(CCOC3CCCCO3)cc2)[C@@H]1c1cccc([N+](=O)[O-])c1. The van der Waals surface area contributed by atoms with Gasteiger partial charge in [0.15, 0.2) is 6.29 Å². The summed E-state index contributed by atoms with van der Waals surface area (Å²) in [7, 11) is 1.24. The van der Waals surface area contributed by atoms with E-state index >= 15 is 0 Å². The lowest BCUT2D eigenvalue weighted by molar-refractivity contribution is -0.384. The van der Waals surface area contributed by atoms with Crippen LogP contribution in [0.15, 0.2) is 71.1 Å². The molecule has 2 aromatic rings. The van der Waals surface area contributed by atoms with Gasteiger partial charge in [-0.3, -0.25) is 10.1 Å². The maximum absolute atomic E-state index is 13.3. The number of allylic oxidation sites excluding steroid dienone is 2. The lowest BCUT2D eigenvalue weighted by Gasteiger charge is -2.30. The summed E-state index contributed by atoms with van der Waals surface area (Å²) >= 11 is 0. The number of nitro groups is 1. The number of hydrogen-bond acceptors (Lipinski definition) is 10. The highest BCUT2D eigenvalue weighted by molar-refractivity contribution is 5.99. The second kappa shape index (κ2) is 15.3. The van der Waals surface area contributed by atoms with E-state index in [9.17, 15) is 19.7 Å². The van der Waals surface area contributed by atoms with Crippen molar-refractivity contribution in [3.8, 4) is 5.75 Å². The van der Waals surface area contributed by atoms with Crippen molar-refractivity contribution >= 4 is 17.6 Å². The molecule has 0 radical (unpaired) electrons. The Morgan fingerprint density at radius 2 is 1.74 bits per heavy atom. The van der Waals surface area contributed by atoms with Crippen LogP contribution in [0.25, 0.3) is 0 Å². The summed E-state index contributed by atoms with van der Waals surface area (Å²) in [5.41, 5.74) is 2.72. The van der Waals surface area contributed by atoms with Crippen molar-refractivity contribution in [2.75, 3.05) is 33.5 Å². The smallest absolute Gasteiger partial charge is 0.336 e. The van der Waals surface area contributed by atoms with Crippen LogP contribution in [0.1, 0.15) is 56.6 Å². The molecule has 2 aliphatic heterocycles. The first-order valence-corrected chi connectivity index (χ1v) is 14.4. The third-order valence-corrected chi connectivity index (χ3v) is 7.35. The molecule has 0 aliphatic carbocycles. The maximum Gasteiger partial charge on any atom is 0.336 e. The third-order valence-electron chi connectivity index (χ3n) is 7.35. The van der Waals surface area contributed by atoms with E-state index in [0.717, 1.165) is 37.9 Å². The van der Waals surface area contributed by atoms with Crippen LogP contribution in [0, 0.1) is 10.1 Å². The molecule has 1 N–H and O–H groups in total. The predicted molar refractivity (Wildman–Crippen MR) is 157 cm³/mol. The fourth-order valence-electron chi connectivity index (χ4n) is 5.19. The zero-order valence-electron chi connectivity index (χ0n) is 24.8. The highest BCUT2D eigenvalue weighted by Gasteiger charge is 2.38. The van der Waals surface area contributed by atoms with Gasteiger partial charge in [-0.25, -0.2) is 9.59 Å². The summed E-state index contributed by atoms with van der Waals surface area (Å²) in [5, 5.41) is 14.5. The van der Waals surface area contributed by atoms with Gasteiger partial charge in [0, 0.05) is 36.6 Å². The molecule has 0 spiro atoms. The number of nitrogens with zero attached hydrogens (tertiary/aromatic N) is 1. The predicted octanol–water partition coefficient (Wildman–Crippen LogP) is 5.10. The molecular formula is C32H38N2O9. The maximum atomic E-state index is 13.3. The summed E-state index contributed by atoms with van der Waals surface area (Å²) in [6, 6.07) is 13.6. The molecule has 11 nitrogen and oxygen atoms in total. The van der Waals surface area contributed by atoms with Crippen LogP contribution in [-0.2, 0) is 35.0 Å². The van der Waals surface area contributed by atoms with Crippen LogP contribution in [0.5, 0.6) is 5.75 Å². The van der Waals surface area contributed by atoms with Crippen molar-refractivity contribution in [2.45, 2.75) is 58.2 Å². The number of carbonyl (C=O) groups excluding carboxylic acids is 2. The lowest BCUT2D eigenvalue weighted by atomic mass is 9.80. The average molecular weight is 595 g/mol. The number of dihydropyridines is 1. The molecule has 1 saturated heterocycles. The van der Waals surface area contributed by atoms with Crippen molar-refractivity contribution in [1.82, 2.24) is 5.32 Å². The monoisotopic (exact) mass is 594 g/mol. The zero-order valence-corrected chi connectivity index (χ0v) is 24.8. The fraction of sp³-hybridized carbons (Fsp3) is 0.438. The van der Waals surface area contributed by atoms with Gasteiger partial charge in [-0.15, -0.1) is 0 Å².